The van der Waals surface area contributed by atoms with Crippen molar-refractivity contribution in [2.24, 2.45) is 0 Å². The Morgan fingerprint density at radius 2 is 1.88 bits per heavy atom. The van der Waals surface area contributed by atoms with Crippen LogP contribution in [0.3, 0.4) is 0 Å². The van der Waals surface area contributed by atoms with Gasteiger partial charge in [-0.05, 0) is 42.8 Å². The molecule has 0 spiro atoms. The summed E-state index contributed by atoms with van der Waals surface area (Å²) in [7, 11) is 0. The number of benzene rings is 2. The van der Waals surface area contributed by atoms with Crippen LogP contribution in [0.1, 0.15) is 21.6 Å². The lowest BCUT2D eigenvalue weighted by atomic mass is 10.2. The number of carbonyl (C=O) groups is 1. The number of rotatable bonds is 5. The van der Waals surface area contributed by atoms with Gasteiger partial charge < -0.3 is 10.6 Å². The molecule has 0 bridgehead atoms. The maximum atomic E-state index is 13.6. The molecule has 0 aliphatic carbocycles. The summed E-state index contributed by atoms with van der Waals surface area (Å²) in [5.74, 6) is -0.682. The SMILES string of the molecule is Cc1cccc(Nc2ccc(C(=O)NCc3ccccc3F)nc2)c1. The summed E-state index contributed by atoms with van der Waals surface area (Å²) >= 11 is 0. The number of hydrogen-bond acceptors (Lipinski definition) is 3. The molecule has 2 aromatic carbocycles. The van der Waals surface area contributed by atoms with E-state index in [2.05, 4.69) is 15.6 Å². The first kappa shape index (κ1) is 16.6. The number of anilines is 2. The summed E-state index contributed by atoms with van der Waals surface area (Å²) in [6, 6.07) is 17.7. The monoisotopic (exact) mass is 335 g/mol. The predicted octanol–water partition coefficient (Wildman–Crippen LogP) is 4.20. The molecule has 1 amide bonds. The summed E-state index contributed by atoms with van der Waals surface area (Å²) in [5.41, 5.74) is 3.62. The van der Waals surface area contributed by atoms with Gasteiger partial charge in [0.1, 0.15) is 11.5 Å². The summed E-state index contributed by atoms with van der Waals surface area (Å²) < 4.78 is 13.6. The molecule has 0 atom stereocenters. The zero-order valence-electron chi connectivity index (χ0n) is 13.8. The fourth-order valence-corrected chi connectivity index (χ4v) is 2.40. The lowest BCUT2D eigenvalue weighted by molar-refractivity contribution is 0.0945. The molecule has 0 unspecified atom stereocenters. The van der Waals surface area contributed by atoms with Gasteiger partial charge >= 0.3 is 0 Å². The van der Waals surface area contributed by atoms with Crippen LogP contribution in [-0.2, 0) is 6.54 Å². The van der Waals surface area contributed by atoms with E-state index in [4.69, 9.17) is 0 Å². The van der Waals surface area contributed by atoms with Crippen LogP contribution in [0.2, 0.25) is 0 Å². The van der Waals surface area contributed by atoms with Crippen molar-refractivity contribution in [1.82, 2.24) is 10.3 Å². The Hall–Kier alpha value is -3.21. The molecule has 2 N–H and O–H groups in total. The van der Waals surface area contributed by atoms with Crippen LogP contribution < -0.4 is 10.6 Å². The maximum Gasteiger partial charge on any atom is 0.270 e. The van der Waals surface area contributed by atoms with E-state index in [-0.39, 0.29) is 24.0 Å². The lowest BCUT2D eigenvalue weighted by Gasteiger charge is -2.08. The molecule has 0 aliphatic rings. The zero-order chi connectivity index (χ0) is 17.6. The summed E-state index contributed by atoms with van der Waals surface area (Å²) in [4.78, 5) is 16.3. The molecule has 4 nitrogen and oxygen atoms in total. The van der Waals surface area contributed by atoms with E-state index in [0.717, 1.165) is 16.9 Å². The number of aryl methyl sites for hydroxylation is 1. The molecule has 0 fully saturated rings. The highest BCUT2D eigenvalue weighted by Crippen LogP contribution is 2.17. The Morgan fingerprint density at radius 1 is 1.04 bits per heavy atom. The minimum atomic E-state index is -0.342. The summed E-state index contributed by atoms with van der Waals surface area (Å²) in [5, 5.41) is 5.90. The van der Waals surface area contributed by atoms with Gasteiger partial charge in [0.05, 0.1) is 11.9 Å². The van der Waals surface area contributed by atoms with E-state index in [1.165, 1.54) is 6.07 Å². The van der Waals surface area contributed by atoms with Crippen LogP contribution in [0.4, 0.5) is 15.8 Å². The molecule has 0 saturated heterocycles. The van der Waals surface area contributed by atoms with E-state index in [1.54, 1.807) is 36.5 Å². The third kappa shape index (κ3) is 4.41. The number of halogens is 1. The fraction of sp³-hybridized carbons (Fsp3) is 0.100. The van der Waals surface area contributed by atoms with Gasteiger partial charge in [0.2, 0.25) is 0 Å². The normalized spacial score (nSPS) is 10.3. The Labute approximate surface area is 145 Å². The van der Waals surface area contributed by atoms with Gasteiger partial charge in [-0.1, -0.05) is 30.3 Å². The minimum Gasteiger partial charge on any atom is -0.354 e. The molecule has 3 aromatic rings. The van der Waals surface area contributed by atoms with Crippen LogP contribution in [0, 0.1) is 12.7 Å². The highest BCUT2D eigenvalue weighted by molar-refractivity contribution is 5.92. The van der Waals surface area contributed by atoms with Gasteiger partial charge in [-0.2, -0.15) is 0 Å². The number of pyridine rings is 1. The Kier molecular flexibility index (Phi) is 5.04. The van der Waals surface area contributed by atoms with Crippen LogP contribution in [0.15, 0.2) is 66.9 Å². The molecule has 1 aromatic heterocycles. The van der Waals surface area contributed by atoms with Crippen molar-refractivity contribution in [1.29, 1.82) is 0 Å². The number of nitrogens with zero attached hydrogens (tertiary/aromatic N) is 1. The first-order valence-electron chi connectivity index (χ1n) is 7.93. The van der Waals surface area contributed by atoms with E-state index < -0.39 is 0 Å². The smallest absolute Gasteiger partial charge is 0.270 e. The van der Waals surface area contributed by atoms with Gasteiger partial charge in [-0.15, -0.1) is 0 Å². The number of nitrogens with one attached hydrogen (secondary N) is 2. The molecule has 0 saturated carbocycles. The van der Waals surface area contributed by atoms with Crippen LogP contribution in [-0.4, -0.2) is 10.9 Å². The number of carbonyl (C=O) groups excluding carboxylic acids is 1. The second-order valence-corrected chi connectivity index (χ2v) is 5.70. The molecule has 1 heterocycles. The number of amides is 1. The molecule has 5 heteroatoms. The maximum absolute atomic E-state index is 13.6. The van der Waals surface area contributed by atoms with Crippen molar-refractivity contribution in [2.45, 2.75) is 13.5 Å². The van der Waals surface area contributed by atoms with Gasteiger partial charge in [0.25, 0.3) is 5.91 Å². The Balaban J connectivity index is 1.61. The number of aromatic nitrogens is 1. The summed E-state index contributed by atoms with van der Waals surface area (Å²) in [6.07, 6.45) is 1.60. The third-order valence-corrected chi connectivity index (χ3v) is 3.70. The van der Waals surface area contributed by atoms with Crippen molar-refractivity contribution in [3.8, 4) is 0 Å². The average molecular weight is 335 g/mol. The highest BCUT2D eigenvalue weighted by atomic mass is 19.1. The van der Waals surface area contributed by atoms with Crippen molar-refractivity contribution in [3.05, 3.63) is 89.5 Å². The standard InChI is InChI=1S/C20H18FN3O/c1-14-5-4-7-16(11-14)24-17-9-10-19(22-13-17)20(25)23-12-15-6-2-3-8-18(15)21/h2-11,13,24H,12H2,1H3,(H,23,25). The van der Waals surface area contributed by atoms with Crippen molar-refractivity contribution in [2.75, 3.05) is 5.32 Å². The minimum absolute atomic E-state index is 0.122. The zero-order valence-corrected chi connectivity index (χ0v) is 13.8. The van der Waals surface area contributed by atoms with Gasteiger partial charge in [-0.3, -0.25) is 4.79 Å². The topological polar surface area (TPSA) is 54.0 Å². The van der Waals surface area contributed by atoms with Crippen LogP contribution in [0.25, 0.3) is 0 Å². The van der Waals surface area contributed by atoms with Crippen LogP contribution >= 0.6 is 0 Å². The molecule has 126 valence electrons. The van der Waals surface area contributed by atoms with Crippen LogP contribution in [0.5, 0.6) is 0 Å². The second kappa shape index (κ2) is 7.57. The lowest BCUT2D eigenvalue weighted by Crippen LogP contribution is -2.24. The molecule has 25 heavy (non-hydrogen) atoms. The quantitative estimate of drug-likeness (QED) is 0.735. The van der Waals surface area contributed by atoms with Gasteiger partial charge in [0.15, 0.2) is 0 Å². The highest BCUT2D eigenvalue weighted by Gasteiger charge is 2.08. The Bertz CT molecular complexity index is 878. The second-order valence-electron chi connectivity index (χ2n) is 5.70. The van der Waals surface area contributed by atoms with Crippen molar-refractivity contribution >= 4 is 17.3 Å². The molecule has 3 rings (SSSR count). The molecule has 0 aliphatic heterocycles. The molecular weight excluding hydrogens is 317 g/mol. The predicted molar refractivity (Wildman–Crippen MR) is 96.3 cm³/mol. The largest absolute Gasteiger partial charge is 0.354 e. The van der Waals surface area contributed by atoms with Gasteiger partial charge in [-0.25, -0.2) is 9.37 Å². The third-order valence-electron chi connectivity index (χ3n) is 3.70. The molecule has 0 radical (unpaired) electrons. The van der Waals surface area contributed by atoms with E-state index in [1.807, 2.05) is 31.2 Å². The van der Waals surface area contributed by atoms with E-state index in [0.29, 0.717) is 5.56 Å². The van der Waals surface area contributed by atoms with Crippen molar-refractivity contribution in [3.63, 3.8) is 0 Å². The molecular formula is C20H18FN3O. The average Bonchev–Trinajstić information content (AvgIpc) is 2.61. The first-order valence-corrected chi connectivity index (χ1v) is 7.93. The van der Waals surface area contributed by atoms with E-state index >= 15 is 0 Å². The fourth-order valence-electron chi connectivity index (χ4n) is 2.40. The van der Waals surface area contributed by atoms with E-state index in [9.17, 15) is 9.18 Å². The van der Waals surface area contributed by atoms with Gasteiger partial charge in [0, 0.05) is 17.8 Å². The Morgan fingerprint density at radius 3 is 2.60 bits per heavy atom. The first-order chi connectivity index (χ1) is 12.1. The number of hydrogen-bond donors (Lipinski definition) is 2. The van der Waals surface area contributed by atoms with Crippen molar-refractivity contribution < 1.29 is 9.18 Å². The summed E-state index contributed by atoms with van der Waals surface area (Å²) in [6.45, 7) is 2.14.